The molecule has 0 radical (unpaired) electrons. The summed E-state index contributed by atoms with van der Waals surface area (Å²) in [6.07, 6.45) is 3.25. The number of carboxylic acid groups (broad SMARTS) is 1. The topological polar surface area (TPSA) is 120 Å². The molecule has 1 heterocycles. The molecule has 0 aliphatic heterocycles. The first-order chi connectivity index (χ1) is 18.5. The lowest BCUT2D eigenvalue weighted by molar-refractivity contribution is -0.137. The fourth-order valence-electron chi connectivity index (χ4n) is 3.63. The molecule has 0 saturated carbocycles. The maximum absolute atomic E-state index is 12.8. The van der Waals surface area contributed by atoms with Crippen LogP contribution in [0.5, 0.6) is 0 Å². The highest BCUT2D eigenvalue weighted by Crippen LogP contribution is 2.38. The first-order valence-corrected chi connectivity index (χ1v) is 12.7. The number of pyridine rings is 1. The molecule has 1 aromatic heterocycles. The van der Waals surface area contributed by atoms with E-state index in [0.717, 1.165) is 16.0 Å². The lowest BCUT2D eigenvalue weighted by Gasteiger charge is -2.15. The number of hydrogen-bond donors (Lipinski definition) is 4. The Balaban J connectivity index is 1.34. The lowest BCUT2D eigenvalue weighted by Crippen LogP contribution is -2.28. The number of aliphatic carboxylic acids is 1. The van der Waals surface area contributed by atoms with Crippen LogP contribution in [0.2, 0.25) is 0 Å². The number of amides is 3. The number of carbonyl (C=O) groups excluding carboxylic acids is 2. The number of carboxylic acids is 1. The van der Waals surface area contributed by atoms with Gasteiger partial charge in [0.05, 0.1) is 6.42 Å². The van der Waals surface area contributed by atoms with Crippen molar-refractivity contribution >= 4 is 41.0 Å². The number of rotatable bonds is 10. The van der Waals surface area contributed by atoms with E-state index in [-0.39, 0.29) is 23.6 Å². The predicted octanol–water partition coefficient (Wildman–Crippen LogP) is 5.96. The van der Waals surface area contributed by atoms with E-state index in [1.54, 1.807) is 60.9 Å². The highest BCUT2D eigenvalue weighted by atomic mass is 32.2. The van der Waals surface area contributed by atoms with Crippen molar-refractivity contribution in [3.05, 3.63) is 120 Å². The van der Waals surface area contributed by atoms with E-state index in [2.05, 4.69) is 20.9 Å². The monoisotopic (exact) mass is 526 g/mol. The Hall–Kier alpha value is -4.63. The predicted molar refractivity (Wildman–Crippen MR) is 148 cm³/mol. The fourth-order valence-corrected chi connectivity index (χ4v) is 4.81. The van der Waals surface area contributed by atoms with E-state index < -0.39 is 5.97 Å². The van der Waals surface area contributed by atoms with Crippen molar-refractivity contribution in [2.45, 2.75) is 23.1 Å². The van der Waals surface area contributed by atoms with Crippen LogP contribution >= 0.6 is 11.8 Å². The maximum Gasteiger partial charge on any atom is 0.319 e. The van der Waals surface area contributed by atoms with Crippen molar-refractivity contribution in [3.8, 4) is 0 Å². The number of thioether (sulfide) groups is 1. The number of urea groups is 1. The van der Waals surface area contributed by atoms with Gasteiger partial charge in [-0.2, -0.15) is 0 Å². The van der Waals surface area contributed by atoms with Crippen molar-refractivity contribution in [1.82, 2.24) is 10.3 Å². The zero-order valence-corrected chi connectivity index (χ0v) is 21.2. The van der Waals surface area contributed by atoms with Crippen molar-refractivity contribution in [1.29, 1.82) is 0 Å². The molecular formula is C29H26N4O4S. The number of hydrogen-bond acceptors (Lipinski definition) is 5. The molecule has 0 bridgehead atoms. The first kappa shape index (κ1) is 26.4. The third kappa shape index (κ3) is 7.94. The van der Waals surface area contributed by atoms with Crippen molar-refractivity contribution in [2.24, 2.45) is 0 Å². The van der Waals surface area contributed by atoms with Crippen LogP contribution in [0.25, 0.3) is 0 Å². The van der Waals surface area contributed by atoms with Crippen LogP contribution in [0.4, 0.5) is 16.2 Å². The Bertz CT molecular complexity index is 1380. The number of nitrogens with zero attached hydrogens (tertiary/aromatic N) is 1. The van der Waals surface area contributed by atoms with E-state index in [4.69, 9.17) is 0 Å². The molecule has 0 aliphatic carbocycles. The standard InChI is InChI=1S/C29H26N4O4S/c34-27(35)17-26(22-8-5-15-30-19-22)38-25-10-4-9-24(16-25)32-28(36)21-11-13-23(14-12-21)33-29(37)31-18-20-6-2-1-3-7-20/h1-16,19,26H,17-18H2,(H,32,36)(H,34,35)(H2,31,33,37). The highest BCUT2D eigenvalue weighted by Gasteiger charge is 2.18. The van der Waals surface area contributed by atoms with Crippen LogP contribution in [-0.4, -0.2) is 28.0 Å². The minimum atomic E-state index is -0.901. The summed E-state index contributed by atoms with van der Waals surface area (Å²) in [4.78, 5) is 41.3. The summed E-state index contributed by atoms with van der Waals surface area (Å²) in [7, 11) is 0. The molecule has 4 rings (SSSR count). The molecule has 9 heteroatoms. The first-order valence-electron chi connectivity index (χ1n) is 11.8. The molecule has 0 spiro atoms. The summed E-state index contributed by atoms with van der Waals surface area (Å²) in [5, 5.41) is 17.4. The fraction of sp³-hybridized carbons (Fsp3) is 0.103. The molecule has 38 heavy (non-hydrogen) atoms. The summed E-state index contributed by atoms with van der Waals surface area (Å²) in [6, 6.07) is 26.7. The number of nitrogens with one attached hydrogen (secondary N) is 3. The van der Waals surface area contributed by atoms with Gasteiger partial charge in [-0.05, 0) is 59.7 Å². The molecule has 4 N–H and O–H groups in total. The molecule has 0 fully saturated rings. The molecule has 8 nitrogen and oxygen atoms in total. The molecule has 1 atom stereocenters. The van der Waals surface area contributed by atoms with Gasteiger partial charge in [-0.3, -0.25) is 14.6 Å². The SMILES string of the molecule is O=C(O)CC(Sc1cccc(NC(=O)c2ccc(NC(=O)NCc3ccccc3)cc2)c1)c1cccnc1. The van der Waals surface area contributed by atoms with E-state index in [1.807, 2.05) is 42.5 Å². The Morgan fingerprint density at radius 2 is 1.63 bits per heavy atom. The molecule has 192 valence electrons. The van der Waals surface area contributed by atoms with E-state index in [9.17, 15) is 19.5 Å². The summed E-state index contributed by atoms with van der Waals surface area (Å²) < 4.78 is 0. The lowest BCUT2D eigenvalue weighted by atomic mass is 10.1. The van der Waals surface area contributed by atoms with Gasteiger partial charge in [0.25, 0.3) is 5.91 Å². The number of carbonyl (C=O) groups is 3. The van der Waals surface area contributed by atoms with Crippen molar-refractivity contribution < 1.29 is 19.5 Å². The molecule has 4 aromatic rings. The third-order valence-corrected chi connectivity index (χ3v) is 6.74. The summed E-state index contributed by atoms with van der Waals surface area (Å²) >= 11 is 1.40. The third-order valence-electron chi connectivity index (χ3n) is 5.49. The van der Waals surface area contributed by atoms with Gasteiger partial charge in [-0.1, -0.05) is 42.5 Å². The second kappa shape index (κ2) is 13.1. The number of anilines is 2. The minimum absolute atomic E-state index is 0.0579. The number of benzene rings is 3. The van der Waals surface area contributed by atoms with Crippen LogP contribution in [0.1, 0.15) is 33.2 Å². The molecule has 3 aromatic carbocycles. The average Bonchev–Trinajstić information content (AvgIpc) is 2.93. The zero-order chi connectivity index (χ0) is 26.7. The van der Waals surface area contributed by atoms with Crippen molar-refractivity contribution in [2.75, 3.05) is 10.6 Å². The van der Waals surface area contributed by atoms with Gasteiger partial charge < -0.3 is 21.1 Å². The normalized spacial score (nSPS) is 11.3. The molecule has 0 aliphatic rings. The maximum atomic E-state index is 12.8. The Morgan fingerprint density at radius 3 is 2.34 bits per heavy atom. The van der Waals surface area contributed by atoms with Crippen LogP contribution in [0.15, 0.2) is 108 Å². The van der Waals surface area contributed by atoms with Gasteiger partial charge in [0.1, 0.15) is 0 Å². The highest BCUT2D eigenvalue weighted by molar-refractivity contribution is 7.99. The quantitative estimate of drug-likeness (QED) is 0.189. The van der Waals surface area contributed by atoms with Crippen LogP contribution < -0.4 is 16.0 Å². The second-order valence-corrected chi connectivity index (χ2v) is 9.62. The molecule has 0 saturated heterocycles. The van der Waals surface area contributed by atoms with E-state index in [0.29, 0.717) is 23.5 Å². The van der Waals surface area contributed by atoms with Crippen LogP contribution in [-0.2, 0) is 11.3 Å². The number of aromatic nitrogens is 1. The summed E-state index contributed by atoms with van der Waals surface area (Å²) in [5.41, 5.74) is 3.38. The van der Waals surface area contributed by atoms with Crippen molar-refractivity contribution in [3.63, 3.8) is 0 Å². The van der Waals surface area contributed by atoms with Gasteiger partial charge in [0.2, 0.25) is 0 Å². The van der Waals surface area contributed by atoms with Gasteiger partial charge >= 0.3 is 12.0 Å². The Kier molecular flexibility index (Phi) is 9.09. The van der Waals surface area contributed by atoms with Gasteiger partial charge in [0, 0.05) is 46.0 Å². The largest absolute Gasteiger partial charge is 0.481 e. The Labute approximate surface area is 224 Å². The Morgan fingerprint density at radius 1 is 0.842 bits per heavy atom. The molecule has 1 unspecified atom stereocenters. The smallest absolute Gasteiger partial charge is 0.319 e. The summed E-state index contributed by atoms with van der Waals surface area (Å²) in [5.74, 6) is -1.20. The zero-order valence-electron chi connectivity index (χ0n) is 20.3. The van der Waals surface area contributed by atoms with Gasteiger partial charge in [0.15, 0.2) is 0 Å². The molecular weight excluding hydrogens is 500 g/mol. The van der Waals surface area contributed by atoms with Gasteiger partial charge in [-0.25, -0.2) is 4.79 Å². The van der Waals surface area contributed by atoms with E-state index in [1.165, 1.54) is 11.8 Å². The van der Waals surface area contributed by atoms with Gasteiger partial charge in [-0.15, -0.1) is 11.8 Å². The average molecular weight is 527 g/mol. The summed E-state index contributed by atoms with van der Waals surface area (Å²) in [6.45, 7) is 0.407. The minimum Gasteiger partial charge on any atom is -0.481 e. The molecule has 3 amide bonds. The van der Waals surface area contributed by atoms with Crippen LogP contribution in [0, 0.1) is 0 Å². The van der Waals surface area contributed by atoms with Crippen LogP contribution in [0.3, 0.4) is 0 Å². The van der Waals surface area contributed by atoms with E-state index >= 15 is 0 Å². The second-order valence-electron chi connectivity index (χ2n) is 8.34.